The fourth-order valence-electron chi connectivity index (χ4n) is 2.67. The van der Waals surface area contributed by atoms with Crippen LogP contribution < -0.4 is 5.32 Å². The zero-order valence-electron chi connectivity index (χ0n) is 13.6. The summed E-state index contributed by atoms with van der Waals surface area (Å²) in [5.74, 6) is 0.490. The second-order valence-corrected chi connectivity index (χ2v) is 6.03. The topological polar surface area (TPSA) is 61.4 Å². The van der Waals surface area contributed by atoms with Crippen LogP contribution in [0.3, 0.4) is 0 Å². The van der Waals surface area contributed by atoms with Gasteiger partial charge < -0.3 is 15.1 Å². The van der Waals surface area contributed by atoms with E-state index in [2.05, 4.69) is 27.1 Å². The third-order valence-electron chi connectivity index (χ3n) is 4.13. The molecule has 1 amide bonds. The van der Waals surface area contributed by atoms with Crippen LogP contribution in [0, 0.1) is 0 Å². The zero-order valence-corrected chi connectivity index (χ0v) is 14.3. The number of benzene rings is 1. The van der Waals surface area contributed by atoms with Crippen molar-refractivity contribution in [1.29, 1.82) is 0 Å². The summed E-state index contributed by atoms with van der Waals surface area (Å²) in [6.45, 7) is 6.40. The fraction of sp³-hybridized carbons (Fsp3) is 0.353. The molecular formula is C17H20ClN5O. The molecule has 126 valence electrons. The number of piperazine rings is 1. The highest BCUT2D eigenvalue weighted by atomic mass is 35.5. The molecule has 24 heavy (non-hydrogen) atoms. The number of anilines is 2. The Morgan fingerprint density at radius 1 is 1.21 bits per heavy atom. The van der Waals surface area contributed by atoms with E-state index >= 15 is 0 Å². The van der Waals surface area contributed by atoms with Crippen molar-refractivity contribution in [2.75, 3.05) is 38.0 Å². The van der Waals surface area contributed by atoms with Gasteiger partial charge in [0.2, 0.25) is 0 Å². The van der Waals surface area contributed by atoms with Gasteiger partial charge in [0.1, 0.15) is 17.8 Å². The quantitative estimate of drug-likeness (QED) is 0.923. The number of para-hydroxylation sites is 1. The van der Waals surface area contributed by atoms with Crippen LogP contribution in [0.25, 0.3) is 0 Å². The van der Waals surface area contributed by atoms with Crippen molar-refractivity contribution in [3.8, 4) is 0 Å². The van der Waals surface area contributed by atoms with Gasteiger partial charge in [-0.25, -0.2) is 9.97 Å². The number of rotatable bonds is 4. The molecule has 6 nitrogen and oxygen atoms in total. The van der Waals surface area contributed by atoms with E-state index in [-0.39, 0.29) is 5.91 Å². The van der Waals surface area contributed by atoms with Crippen LogP contribution in [0.1, 0.15) is 17.4 Å². The Balaban J connectivity index is 1.71. The highest BCUT2D eigenvalue weighted by molar-refractivity contribution is 6.33. The molecule has 0 radical (unpaired) electrons. The number of halogens is 1. The molecule has 2 heterocycles. The van der Waals surface area contributed by atoms with Crippen LogP contribution in [0.5, 0.6) is 0 Å². The van der Waals surface area contributed by atoms with Crippen molar-refractivity contribution >= 4 is 29.0 Å². The minimum atomic E-state index is -0.0599. The van der Waals surface area contributed by atoms with Crippen LogP contribution in [0.15, 0.2) is 36.7 Å². The SMILES string of the molecule is CCN1CCN(C(=O)c2cc(Nc3ccccc3Cl)ncn2)CC1. The normalized spacial score (nSPS) is 15.3. The monoisotopic (exact) mass is 345 g/mol. The second-order valence-electron chi connectivity index (χ2n) is 5.62. The van der Waals surface area contributed by atoms with Crippen LogP contribution in [0.2, 0.25) is 5.02 Å². The molecule has 2 aromatic rings. The smallest absolute Gasteiger partial charge is 0.272 e. The summed E-state index contributed by atoms with van der Waals surface area (Å²) in [4.78, 5) is 25.1. The van der Waals surface area contributed by atoms with Crippen molar-refractivity contribution in [2.24, 2.45) is 0 Å². The van der Waals surface area contributed by atoms with Crippen molar-refractivity contribution < 1.29 is 4.79 Å². The van der Waals surface area contributed by atoms with Gasteiger partial charge in [-0.15, -0.1) is 0 Å². The molecular weight excluding hydrogens is 326 g/mol. The summed E-state index contributed by atoms with van der Waals surface area (Å²) in [6.07, 6.45) is 1.40. The lowest BCUT2D eigenvalue weighted by Gasteiger charge is -2.33. The Kier molecular flexibility index (Phi) is 5.27. The first-order valence-corrected chi connectivity index (χ1v) is 8.40. The van der Waals surface area contributed by atoms with E-state index in [4.69, 9.17) is 11.6 Å². The second kappa shape index (κ2) is 7.59. The third-order valence-corrected chi connectivity index (χ3v) is 4.46. The molecule has 1 aromatic carbocycles. The lowest BCUT2D eigenvalue weighted by molar-refractivity contribution is 0.0637. The predicted octanol–water partition coefficient (Wildman–Crippen LogP) is 2.65. The zero-order chi connectivity index (χ0) is 16.9. The van der Waals surface area contributed by atoms with E-state index < -0.39 is 0 Å². The van der Waals surface area contributed by atoms with Crippen molar-refractivity contribution in [2.45, 2.75) is 6.92 Å². The maximum atomic E-state index is 12.6. The maximum absolute atomic E-state index is 12.6. The fourth-order valence-corrected chi connectivity index (χ4v) is 2.86. The lowest BCUT2D eigenvalue weighted by Crippen LogP contribution is -2.48. The van der Waals surface area contributed by atoms with Crippen molar-refractivity contribution in [3.05, 3.63) is 47.4 Å². The summed E-state index contributed by atoms with van der Waals surface area (Å²) in [5, 5.41) is 3.72. The molecule has 1 saturated heterocycles. The first-order valence-electron chi connectivity index (χ1n) is 8.02. The van der Waals surface area contributed by atoms with E-state index in [1.54, 1.807) is 12.1 Å². The van der Waals surface area contributed by atoms with E-state index in [1.165, 1.54) is 6.33 Å². The van der Waals surface area contributed by atoms with Gasteiger partial charge in [0.25, 0.3) is 5.91 Å². The first-order chi connectivity index (χ1) is 11.7. The predicted molar refractivity (Wildman–Crippen MR) is 94.8 cm³/mol. The number of amides is 1. The molecule has 1 aliphatic heterocycles. The molecule has 3 rings (SSSR count). The van der Waals surface area contributed by atoms with Crippen LogP contribution in [0.4, 0.5) is 11.5 Å². The summed E-state index contributed by atoms with van der Waals surface area (Å²) in [6, 6.07) is 9.06. The standard InChI is InChI=1S/C17H20ClN5O/c1-2-22-7-9-23(10-8-22)17(24)15-11-16(20-12-19-15)21-14-6-4-3-5-13(14)18/h3-6,11-12H,2,7-10H2,1H3,(H,19,20,21). The Morgan fingerprint density at radius 3 is 2.67 bits per heavy atom. The summed E-state index contributed by atoms with van der Waals surface area (Å²) in [5.41, 5.74) is 1.14. The van der Waals surface area contributed by atoms with E-state index in [0.717, 1.165) is 38.4 Å². The molecule has 7 heteroatoms. The minimum Gasteiger partial charge on any atom is -0.339 e. The summed E-state index contributed by atoms with van der Waals surface area (Å²) >= 11 is 6.14. The van der Waals surface area contributed by atoms with Crippen molar-refractivity contribution in [3.63, 3.8) is 0 Å². The third kappa shape index (κ3) is 3.83. The minimum absolute atomic E-state index is 0.0599. The molecule has 0 bridgehead atoms. The molecule has 0 unspecified atom stereocenters. The van der Waals surface area contributed by atoms with Gasteiger partial charge in [0, 0.05) is 32.2 Å². The molecule has 1 aliphatic rings. The molecule has 0 aliphatic carbocycles. The lowest BCUT2D eigenvalue weighted by atomic mass is 10.2. The molecule has 0 saturated carbocycles. The molecule has 1 fully saturated rings. The van der Waals surface area contributed by atoms with Crippen LogP contribution in [-0.4, -0.2) is 58.4 Å². The Hall–Kier alpha value is -2.18. The molecule has 1 N–H and O–H groups in total. The first kappa shape index (κ1) is 16.7. The van der Waals surface area contributed by atoms with Gasteiger partial charge in [0.05, 0.1) is 10.7 Å². The molecule has 1 aromatic heterocycles. The summed E-state index contributed by atoms with van der Waals surface area (Å²) in [7, 11) is 0. The van der Waals surface area contributed by atoms with Gasteiger partial charge in [-0.05, 0) is 18.7 Å². The Morgan fingerprint density at radius 2 is 1.96 bits per heavy atom. The summed E-state index contributed by atoms with van der Waals surface area (Å²) < 4.78 is 0. The van der Waals surface area contributed by atoms with Gasteiger partial charge in [-0.3, -0.25) is 4.79 Å². The number of hydrogen-bond acceptors (Lipinski definition) is 5. The number of likely N-dealkylation sites (N-methyl/N-ethyl adjacent to an activating group) is 1. The Labute approximate surface area is 146 Å². The van der Waals surface area contributed by atoms with E-state index in [1.807, 2.05) is 23.1 Å². The Bertz CT molecular complexity index is 716. The molecule has 0 spiro atoms. The van der Waals surface area contributed by atoms with Crippen LogP contribution >= 0.6 is 11.6 Å². The number of aromatic nitrogens is 2. The van der Waals surface area contributed by atoms with E-state index in [0.29, 0.717) is 16.5 Å². The highest BCUT2D eigenvalue weighted by Crippen LogP contribution is 2.24. The van der Waals surface area contributed by atoms with Gasteiger partial charge in [0.15, 0.2) is 0 Å². The highest BCUT2D eigenvalue weighted by Gasteiger charge is 2.22. The average Bonchev–Trinajstić information content (AvgIpc) is 2.63. The van der Waals surface area contributed by atoms with E-state index in [9.17, 15) is 4.79 Å². The number of nitrogens with one attached hydrogen (secondary N) is 1. The van der Waals surface area contributed by atoms with Gasteiger partial charge >= 0.3 is 0 Å². The maximum Gasteiger partial charge on any atom is 0.272 e. The number of nitrogens with zero attached hydrogens (tertiary/aromatic N) is 4. The van der Waals surface area contributed by atoms with Crippen LogP contribution in [-0.2, 0) is 0 Å². The number of carbonyl (C=O) groups excluding carboxylic acids is 1. The van der Waals surface area contributed by atoms with Gasteiger partial charge in [-0.1, -0.05) is 30.7 Å². The number of carbonyl (C=O) groups is 1. The largest absolute Gasteiger partial charge is 0.339 e. The number of hydrogen-bond donors (Lipinski definition) is 1. The molecule has 0 atom stereocenters. The average molecular weight is 346 g/mol. The van der Waals surface area contributed by atoms with Gasteiger partial charge in [-0.2, -0.15) is 0 Å². The van der Waals surface area contributed by atoms with Crippen molar-refractivity contribution in [1.82, 2.24) is 19.8 Å².